The van der Waals surface area contributed by atoms with Gasteiger partial charge in [-0.1, -0.05) is 0 Å². The van der Waals surface area contributed by atoms with Crippen LogP contribution in [0.3, 0.4) is 0 Å². The van der Waals surface area contributed by atoms with Crippen molar-refractivity contribution >= 4 is 22.8 Å². The number of carbonyl (C=O) groups is 1. The van der Waals surface area contributed by atoms with Crippen molar-refractivity contribution in [1.82, 2.24) is 29.8 Å². The molecule has 0 saturated heterocycles. The minimum atomic E-state index is -4.49. The number of nitrogens with one attached hydrogen (secondary N) is 1. The van der Waals surface area contributed by atoms with Crippen LogP contribution in [-0.4, -0.2) is 42.8 Å². The molecule has 4 aromatic heterocycles. The van der Waals surface area contributed by atoms with Crippen LogP contribution in [0.25, 0.3) is 11.0 Å². The summed E-state index contributed by atoms with van der Waals surface area (Å²) in [6, 6.07) is 5.76. The van der Waals surface area contributed by atoms with Crippen molar-refractivity contribution < 1.29 is 18.0 Å². The van der Waals surface area contributed by atoms with E-state index < -0.39 is 11.7 Å². The molecule has 0 radical (unpaired) electrons. The molecule has 4 rings (SSSR count). The van der Waals surface area contributed by atoms with Crippen LogP contribution in [0.5, 0.6) is 0 Å². The first-order valence-electron chi connectivity index (χ1n) is 10.3. The topological polar surface area (TPSA) is 96.8 Å². The largest absolute Gasteiger partial charge is 0.417 e. The molecule has 0 fully saturated rings. The molecule has 0 saturated carbocycles. The third-order valence-electron chi connectivity index (χ3n) is 5.10. The maximum absolute atomic E-state index is 13.4. The van der Waals surface area contributed by atoms with Crippen LogP contribution in [0.4, 0.5) is 19.0 Å². The van der Waals surface area contributed by atoms with Crippen molar-refractivity contribution in [3.05, 3.63) is 83.3 Å². The lowest BCUT2D eigenvalue weighted by Gasteiger charge is -2.22. The van der Waals surface area contributed by atoms with Crippen LogP contribution >= 0.6 is 0 Å². The number of hydrogen-bond acceptors (Lipinski definition) is 7. The Labute approximate surface area is 192 Å². The van der Waals surface area contributed by atoms with Gasteiger partial charge in [-0.05, 0) is 36.8 Å². The highest BCUT2D eigenvalue weighted by Crippen LogP contribution is 2.28. The van der Waals surface area contributed by atoms with E-state index in [9.17, 15) is 18.0 Å². The van der Waals surface area contributed by atoms with Gasteiger partial charge in [-0.15, -0.1) is 0 Å². The van der Waals surface area contributed by atoms with Gasteiger partial charge in [-0.3, -0.25) is 19.7 Å². The smallest absolute Gasteiger partial charge is 0.373 e. The van der Waals surface area contributed by atoms with Crippen molar-refractivity contribution in [2.75, 3.05) is 12.4 Å². The van der Waals surface area contributed by atoms with Crippen LogP contribution in [0.1, 0.15) is 32.9 Å². The highest BCUT2D eigenvalue weighted by Gasteiger charge is 2.30. The van der Waals surface area contributed by atoms with E-state index in [4.69, 9.17) is 0 Å². The molecule has 0 aliphatic rings. The molecule has 1 N–H and O–H groups in total. The lowest BCUT2D eigenvalue weighted by molar-refractivity contribution is -0.137. The van der Waals surface area contributed by atoms with Gasteiger partial charge in [0.05, 0.1) is 41.8 Å². The van der Waals surface area contributed by atoms with E-state index in [1.165, 1.54) is 35.8 Å². The van der Waals surface area contributed by atoms with Gasteiger partial charge < -0.3 is 10.2 Å². The zero-order valence-corrected chi connectivity index (χ0v) is 18.3. The fraction of sp³-hybridized carbons (Fsp3) is 0.217. The van der Waals surface area contributed by atoms with Crippen molar-refractivity contribution in [3.8, 4) is 0 Å². The quantitative estimate of drug-likeness (QED) is 0.457. The summed E-state index contributed by atoms with van der Waals surface area (Å²) >= 11 is 0. The molecule has 1 amide bonds. The minimum absolute atomic E-state index is 0.0262. The molecule has 0 aromatic carbocycles. The Bertz CT molecular complexity index is 1310. The van der Waals surface area contributed by atoms with Crippen LogP contribution in [0.15, 0.2) is 55.2 Å². The highest BCUT2D eigenvalue weighted by molar-refractivity contribution is 5.97. The number of halogens is 3. The van der Waals surface area contributed by atoms with E-state index in [0.717, 1.165) is 17.8 Å². The van der Waals surface area contributed by atoms with Gasteiger partial charge in [-0.25, -0.2) is 9.97 Å². The molecule has 0 aliphatic carbocycles. The summed E-state index contributed by atoms with van der Waals surface area (Å²) in [5, 5.41) is 3.68. The zero-order chi connectivity index (χ0) is 24.3. The number of pyridine rings is 3. The molecule has 0 atom stereocenters. The van der Waals surface area contributed by atoms with Crippen molar-refractivity contribution in [3.63, 3.8) is 0 Å². The first kappa shape index (κ1) is 23.0. The molecule has 0 aliphatic heterocycles. The van der Waals surface area contributed by atoms with Gasteiger partial charge in [0, 0.05) is 37.2 Å². The van der Waals surface area contributed by atoms with Crippen molar-refractivity contribution in [2.45, 2.75) is 26.2 Å². The Morgan fingerprint density at radius 1 is 1.00 bits per heavy atom. The second-order valence-corrected chi connectivity index (χ2v) is 7.57. The third kappa shape index (κ3) is 5.08. The summed E-state index contributed by atoms with van der Waals surface area (Å²) in [5.41, 5.74) is 1.65. The Morgan fingerprint density at radius 2 is 1.79 bits per heavy atom. The Balaban J connectivity index is 1.66. The minimum Gasteiger partial charge on any atom is -0.373 e. The number of amides is 1. The van der Waals surface area contributed by atoms with Crippen LogP contribution in [0.2, 0.25) is 0 Å². The number of fused-ring (bicyclic) bond motifs is 1. The number of rotatable bonds is 6. The first-order valence-corrected chi connectivity index (χ1v) is 10.3. The van der Waals surface area contributed by atoms with E-state index in [1.54, 1.807) is 13.1 Å². The van der Waals surface area contributed by atoms with E-state index in [1.807, 2.05) is 13.0 Å². The molecule has 0 unspecified atom stereocenters. The molecule has 0 spiro atoms. The van der Waals surface area contributed by atoms with Crippen LogP contribution in [0, 0.1) is 6.92 Å². The molecule has 4 heterocycles. The summed E-state index contributed by atoms with van der Waals surface area (Å²) in [7, 11) is 1.76. The fourth-order valence-corrected chi connectivity index (χ4v) is 3.41. The molecule has 34 heavy (non-hydrogen) atoms. The van der Waals surface area contributed by atoms with Gasteiger partial charge in [0.2, 0.25) is 0 Å². The molecule has 8 nitrogen and oxygen atoms in total. The average Bonchev–Trinajstić information content (AvgIpc) is 2.83. The van der Waals surface area contributed by atoms with E-state index in [-0.39, 0.29) is 19.0 Å². The Morgan fingerprint density at radius 3 is 2.44 bits per heavy atom. The summed E-state index contributed by atoms with van der Waals surface area (Å²) in [4.78, 5) is 35.7. The molecule has 174 valence electrons. The standard InChI is InChI=1S/C23H20F3N7O/c1-14-7-15-8-16(9-31-21(15)32-20(14)27-2)22(34)33(13-19-11-28-5-6-29-19)12-18-4-3-17(10-30-18)23(24,25)26/h3-11H,12-13H2,1-2H3,(H,27,31,32). The van der Waals surface area contributed by atoms with E-state index in [2.05, 4.69) is 30.2 Å². The molecule has 0 bridgehead atoms. The predicted molar refractivity (Wildman–Crippen MR) is 119 cm³/mol. The predicted octanol–water partition coefficient (Wildman–Crippen LogP) is 4.03. The lowest BCUT2D eigenvalue weighted by Crippen LogP contribution is -2.31. The summed E-state index contributed by atoms with van der Waals surface area (Å²) in [5.74, 6) is 0.314. The summed E-state index contributed by atoms with van der Waals surface area (Å²) < 4.78 is 38.7. The van der Waals surface area contributed by atoms with E-state index in [0.29, 0.717) is 33.8 Å². The van der Waals surface area contributed by atoms with Gasteiger partial charge in [0.1, 0.15) is 5.82 Å². The van der Waals surface area contributed by atoms with Gasteiger partial charge in [0.25, 0.3) is 5.91 Å². The number of hydrogen-bond donors (Lipinski definition) is 1. The number of aryl methyl sites for hydroxylation is 1. The van der Waals surface area contributed by atoms with Gasteiger partial charge in [-0.2, -0.15) is 13.2 Å². The molecular formula is C23H20F3N7O. The number of carbonyl (C=O) groups excluding carboxylic acids is 1. The fourth-order valence-electron chi connectivity index (χ4n) is 3.41. The SMILES string of the molecule is CNc1nc2ncc(C(=O)N(Cc3ccc(C(F)(F)F)cn3)Cc3cnccn3)cc2cc1C. The second-order valence-electron chi connectivity index (χ2n) is 7.57. The normalized spacial score (nSPS) is 11.4. The number of aromatic nitrogens is 5. The summed E-state index contributed by atoms with van der Waals surface area (Å²) in [6.07, 6.45) is 2.22. The number of nitrogens with zero attached hydrogens (tertiary/aromatic N) is 6. The van der Waals surface area contributed by atoms with E-state index >= 15 is 0 Å². The zero-order valence-electron chi connectivity index (χ0n) is 18.3. The highest BCUT2D eigenvalue weighted by atomic mass is 19.4. The van der Waals surface area contributed by atoms with Crippen molar-refractivity contribution in [2.24, 2.45) is 0 Å². The van der Waals surface area contributed by atoms with Gasteiger partial charge in [0.15, 0.2) is 5.65 Å². The summed E-state index contributed by atoms with van der Waals surface area (Å²) in [6.45, 7) is 1.95. The Kier molecular flexibility index (Phi) is 6.35. The maximum atomic E-state index is 13.4. The number of alkyl halides is 3. The van der Waals surface area contributed by atoms with Gasteiger partial charge >= 0.3 is 6.18 Å². The molecule has 11 heteroatoms. The monoisotopic (exact) mass is 467 g/mol. The molecule has 4 aromatic rings. The average molecular weight is 467 g/mol. The first-order chi connectivity index (χ1) is 16.2. The van der Waals surface area contributed by atoms with Crippen LogP contribution < -0.4 is 5.32 Å². The Hall–Kier alpha value is -4.15. The molecular weight excluding hydrogens is 447 g/mol. The second kappa shape index (κ2) is 9.38. The van der Waals surface area contributed by atoms with Crippen LogP contribution in [-0.2, 0) is 19.3 Å². The lowest BCUT2D eigenvalue weighted by atomic mass is 10.1. The third-order valence-corrected chi connectivity index (χ3v) is 5.10. The number of anilines is 1. The van der Waals surface area contributed by atoms with Crippen molar-refractivity contribution in [1.29, 1.82) is 0 Å². The maximum Gasteiger partial charge on any atom is 0.417 e.